The van der Waals surface area contributed by atoms with Gasteiger partial charge in [-0.05, 0) is 74.4 Å². The smallest absolute Gasteiger partial charge is 0.0516 e. The Kier molecular flexibility index (Phi) is 9.10. The third-order valence-corrected chi connectivity index (χ3v) is 8.36. The van der Waals surface area contributed by atoms with Crippen molar-refractivity contribution in [3.8, 4) is 0 Å². The molecule has 0 spiro atoms. The van der Waals surface area contributed by atoms with E-state index >= 15 is 0 Å². The van der Waals surface area contributed by atoms with Crippen LogP contribution in [0.5, 0.6) is 0 Å². The topological polar surface area (TPSA) is 44.5 Å². The highest BCUT2D eigenvalue weighted by Crippen LogP contribution is 2.43. The number of likely N-dealkylation sites (tertiary alicyclic amines) is 2. The van der Waals surface area contributed by atoms with Gasteiger partial charge < -0.3 is 20.9 Å². The first-order chi connectivity index (χ1) is 14.3. The van der Waals surface area contributed by atoms with Gasteiger partial charge in [0, 0.05) is 38.8 Å². The van der Waals surface area contributed by atoms with E-state index in [1.54, 1.807) is 0 Å². The Morgan fingerprint density at radius 3 is 2.50 bits per heavy atom. The van der Waals surface area contributed by atoms with Crippen LogP contribution in [-0.2, 0) is 0 Å². The fraction of sp³-hybridized carbons (Fsp3) is 0.920. The van der Waals surface area contributed by atoms with Crippen LogP contribution in [0.3, 0.4) is 0 Å². The minimum absolute atomic E-state index is 0.254. The van der Waals surface area contributed by atoms with Crippen LogP contribution in [0.1, 0.15) is 53.4 Å². The first kappa shape index (κ1) is 24.5. The number of alkyl halides is 1. The van der Waals surface area contributed by atoms with Crippen LogP contribution in [0.15, 0.2) is 12.2 Å². The van der Waals surface area contributed by atoms with Gasteiger partial charge in [-0.15, -0.1) is 11.6 Å². The molecule has 0 aromatic heterocycles. The monoisotopic (exact) mass is 438 g/mol. The first-order valence-electron chi connectivity index (χ1n) is 12.5. The molecule has 0 aromatic carbocycles. The lowest BCUT2D eigenvalue weighted by atomic mass is 9.65. The van der Waals surface area contributed by atoms with E-state index < -0.39 is 0 Å². The molecule has 0 saturated carbocycles. The average Bonchev–Trinajstić information content (AvgIpc) is 3.13. The molecule has 30 heavy (non-hydrogen) atoms. The maximum atomic E-state index is 6.29. The van der Waals surface area contributed by atoms with Gasteiger partial charge >= 0.3 is 0 Å². The van der Waals surface area contributed by atoms with E-state index in [2.05, 4.69) is 55.0 Å². The maximum Gasteiger partial charge on any atom is 0.0516 e. The Morgan fingerprint density at radius 1 is 1.10 bits per heavy atom. The first-order valence-corrected chi connectivity index (χ1v) is 12.9. The Morgan fingerprint density at radius 2 is 1.87 bits per heavy atom. The number of allylic oxidation sites excluding steroid dienone is 2. The van der Waals surface area contributed by atoms with Gasteiger partial charge in [-0.2, -0.15) is 0 Å². The average molecular weight is 439 g/mol. The molecule has 0 bridgehead atoms. The lowest BCUT2D eigenvalue weighted by Gasteiger charge is -2.48. The summed E-state index contributed by atoms with van der Waals surface area (Å²) in [4.78, 5) is 5.26. The van der Waals surface area contributed by atoms with Crippen molar-refractivity contribution in [2.24, 2.45) is 34.8 Å². The Balaban J connectivity index is 1.48. The summed E-state index contributed by atoms with van der Waals surface area (Å²) in [5, 5.41) is 4.21. The van der Waals surface area contributed by atoms with Gasteiger partial charge in [-0.1, -0.05) is 39.8 Å². The Bertz CT molecular complexity index is 549. The molecule has 1 aliphatic carbocycles. The molecule has 0 aromatic rings. The highest BCUT2D eigenvalue weighted by molar-refractivity contribution is 6.21. The van der Waals surface area contributed by atoms with E-state index in [4.69, 9.17) is 17.3 Å². The summed E-state index contributed by atoms with van der Waals surface area (Å²) in [5.41, 5.74) is 6.10. The lowest BCUT2D eigenvalue weighted by Crippen LogP contribution is -2.53. The molecule has 3 rings (SSSR count). The summed E-state index contributed by atoms with van der Waals surface area (Å²) < 4.78 is 0. The summed E-state index contributed by atoms with van der Waals surface area (Å²) in [7, 11) is 0. The highest BCUT2D eigenvalue weighted by Gasteiger charge is 2.40. The minimum Gasteiger partial charge on any atom is -0.329 e. The number of halogens is 1. The number of hydrogen-bond acceptors (Lipinski definition) is 4. The molecule has 0 amide bonds. The molecular formula is C25H47ClN4. The standard InChI is InChI=1S/C25H47ClN4/c1-19(2)24(28-15-20-9-12-29(16-20)14-11-27)17-30-13-10-23(25(3,4)18-30)21-5-7-22(26)8-6-21/h5,7,19-24,28H,6,8-18,27H2,1-4H3/t20-,21?,22?,23+,24-/m0/s1. The largest absolute Gasteiger partial charge is 0.329 e. The molecule has 5 atom stereocenters. The molecule has 2 unspecified atom stereocenters. The van der Waals surface area contributed by atoms with E-state index in [1.807, 2.05) is 0 Å². The van der Waals surface area contributed by atoms with Gasteiger partial charge in [0.25, 0.3) is 0 Å². The van der Waals surface area contributed by atoms with E-state index in [1.165, 1.54) is 52.0 Å². The van der Waals surface area contributed by atoms with Gasteiger partial charge in [0.2, 0.25) is 0 Å². The van der Waals surface area contributed by atoms with Gasteiger partial charge in [-0.3, -0.25) is 0 Å². The number of nitrogens with two attached hydrogens (primary N) is 1. The number of rotatable bonds is 9. The van der Waals surface area contributed by atoms with Crippen molar-refractivity contribution in [2.45, 2.75) is 64.8 Å². The van der Waals surface area contributed by atoms with E-state index in [0.29, 0.717) is 17.4 Å². The summed E-state index contributed by atoms with van der Waals surface area (Å²) in [5.74, 6) is 2.94. The van der Waals surface area contributed by atoms with Crippen molar-refractivity contribution < 1.29 is 0 Å². The molecule has 2 fully saturated rings. The van der Waals surface area contributed by atoms with Crippen molar-refractivity contribution in [1.82, 2.24) is 15.1 Å². The van der Waals surface area contributed by atoms with E-state index in [0.717, 1.165) is 43.8 Å². The van der Waals surface area contributed by atoms with Gasteiger partial charge in [-0.25, -0.2) is 0 Å². The second-order valence-electron chi connectivity index (χ2n) is 11.3. The van der Waals surface area contributed by atoms with Crippen LogP contribution >= 0.6 is 11.6 Å². The molecule has 3 aliphatic rings. The van der Waals surface area contributed by atoms with Crippen molar-refractivity contribution >= 4 is 11.6 Å². The molecular weight excluding hydrogens is 392 g/mol. The van der Waals surface area contributed by atoms with Crippen molar-refractivity contribution in [3.05, 3.63) is 12.2 Å². The van der Waals surface area contributed by atoms with Crippen LogP contribution in [0, 0.1) is 29.1 Å². The van der Waals surface area contributed by atoms with Crippen molar-refractivity contribution in [2.75, 3.05) is 52.4 Å². The predicted molar refractivity (Wildman–Crippen MR) is 130 cm³/mol. The molecule has 5 heteroatoms. The minimum atomic E-state index is 0.254. The molecule has 4 nitrogen and oxygen atoms in total. The third-order valence-electron chi connectivity index (χ3n) is 7.99. The van der Waals surface area contributed by atoms with Crippen molar-refractivity contribution in [1.29, 1.82) is 0 Å². The second kappa shape index (κ2) is 11.1. The second-order valence-corrected chi connectivity index (χ2v) is 11.8. The molecule has 174 valence electrons. The summed E-state index contributed by atoms with van der Waals surface area (Å²) in [6.07, 6.45) is 9.70. The summed E-state index contributed by atoms with van der Waals surface area (Å²) in [6.45, 7) is 18.8. The van der Waals surface area contributed by atoms with Gasteiger partial charge in [0.1, 0.15) is 0 Å². The normalized spacial score (nSPS) is 34.0. The number of hydrogen-bond donors (Lipinski definition) is 2. The highest BCUT2D eigenvalue weighted by atomic mass is 35.5. The fourth-order valence-corrected chi connectivity index (χ4v) is 6.36. The van der Waals surface area contributed by atoms with Gasteiger partial charge in [0.15, 0.2) is 0 Å². The zero-order valence-corrected chi connectivity index (χ0v) is 20.7. The Labute approximate surface area is 191 Å². The van der Waals surface area contributed by atoms with Crippen LogP contribution in [-0.4, -0.2) is 73.6 Å². The van der Waals surface area contributed by atoms with Crippen LogP contribution in [0.2, 0.25) is 0 Å². The van der Waals surface area contributed by atoms with E-state index in [9.17, 15) is 0 Å². The van der Waals surface area contributed by atoms with Crippen LogP contribution < -0.4 is 11.1 Å². The molecule has 0 radical (unpaired) electrons. The zero-order valence-electron chi connectivity index (χ0n) is 20.0. The molecule has 3 N–H and O–H groups in total. The molecule has 2 saturated heterocycles. The summed E-state index contributed by atoms with van der Waals surface area (Å²) in [6, 6.07) is 0.576. The summed E-state index contributed by atoms with van der Waals surface area (Å²) >= 11 is 6.29. The molecule has 2 aliphatic heterocycles. The SMILES string of the molecule is CC(C)[C@H](CN1CC[C@H](C2C=CC(Cl)CC2)C(C)(C)C1)NC[C@@H]1CCN(CCN)C1. The third kappa shape index (κ3) is 6.68. The fourth-order valence-electron chi connectivity index (χ4n) is 6.15. The van der Waals surface area contributed by atoms with Gasteiger partial charge in [0.05, 0.1) is 5.38 Å². The van der Waals surface area contributed by atoms with Crippen LogP contribution in [0.4, 0.5) is 0 Å². The lowest BCUT2D eigenvalue weighted by molar-refractivity contribution is 0.0218. The molecule has 2 heterocycles. The Hall–Kier alpha value is -0.130. The predicted octanol–water partition coefficient (Wildman–Crippen LogP) is 3.80. The number of nitrogens with one attached hydrogen (secondary N) is 1. The zero-order chi connectivity index (χ0) is 21.7. The van der Waals surface area contributed by atoms with Crippen molar-refractivity contribution in [3.63, 3.8) is 0 Å². The number of nitrogens with zero attached hydrogens (tertiary/aromatic N) is 2. The van der Waals surface area contributed by atoms with Crippen LogP contribution in [0.25, 0.3) is 0 Å². The van der Waals surface area contributed by atoms with E-state index in [-0.39, 0.29) is 5.38 Å². The number of piperidine rings is 1. The quantitative estimate of drug-likeness (QED) is 0.424. The maximum absolute atomic E-state index is 6.29.